The Kier molecular flexibility index (Phi) is 5.08. The van der Waals surface area contributed by atoms with E-state index in [0.717, 1.165) is 35.7 Å². The SMILES string of the molecule is Fc1cnc(-c2cccc(Cc3cccc(-c4ncc(F)cc4F)c3)c2)c(F)c1. The lowest BCUT2D eigenvalue weighted by molar-refractivity contribution is 0.575. The molecule has 0 saturated heterocycles. The van der Waals surface area contributed by atoms with Gasteiger partial charge in [-0.2, -0.15) is 0 Å². The van der Waals surface area contributed by atoms with E-state index in [1.165, 1.54) is 0 Å². The van der Waals surface area contributed by atoms with Crippen molar-refractivity contribution in [2.75, 3.05) is 0 Å². The topological polar surface area (TPSA) is 25.8 Å². The van der Waals surface area contributed by atoms with Gasteiger partial charge in [-0.25, -0.2) is 17.6 Å². The fraction of sp³-hybridized carbons (Fsp3) is 0.0435. The van der Waals surface area contributed by atoms with Crippen LogP contribution in [-0.4, -0.2) is 9.97 Å². The van der Waals surface area contributed by atoms with E-state index >= 15 is 0 Å². The van der Waals surface area contributed by atoms with Crippen LogP contribution in [0.4, 0.5) is 17.6 Å². The van der Waals surface area contributed by atoms with Crippen LogP contribution in [0, 0.1) is 23.3 Å². The Labute approximate surface area is 164 Å². The Morgan fingerprint density at radius 1 is 0.586 bits per heavy atom. The van der Waals surface area contributed by atoms with Crippen molar-refractivity contribution >= 4 is 0 Å². The molecule has 0 aliphatic carbocycles. The Morgan fingerprint density at radius 2 is 1.03 bits per heavy atom. The van der Waals surface area contributed by atoms with Crippen molar-refractivity contribution < 1.29 is 17.6 Å². The largest absolute Gasteiger partial charge is 0.250 e. The smallest absolute Gasteiger partial charge is 0.152 e. The molecule has 0 amide bonds. The third kappa shape index (κ3) is 4.16. The molecule has 0 saturated carbocycles. The van der Waals surface area contributed by atoms with Crippen LogP contribution < -0.4 is 0 Å². The Morgan fingerprint density at radius 3 is 1.45 bits per heavy atom. The first-order chi connectivity index (χ1) is 14.0. The molecule has 6 heteroatoms. The summed E-state index contributed by atoms with van der Waals surface area (Å²) in [7, 11) is 0. The fourth-order valence-electron chi connectivity index (χ4n) is 3.15. The number of hydrogen-bond donors (Lipinski definition) is 0. The monoisotopic (exact) mass is 394 g/mol. The minimum absolute atomic E-state index is 0.0691. The highest BCUT2D eigenvalue weighted by molar-refractivity contribution is 5.62. The van der Waals surface area contributed by atoms with Gasteiger partial charge in [0.2, 0.25) is 0 Å². The molecule has 0 bridgehead atoms. The van der Waals surface area contributed by atoms with Gasteiger partial charge in [0.05, 0.1) is 12.4 Å². The lowest BCUT2D eigenvalue weighted by Crippen LogP contribution is -1.95. The van der Waals surface area contributed by atoms with E-state index in [1.807, 2.05) is 12.1 Å². The molecule has 0 aliphatic rings. The summed E-state index contributed by atoms with van der Waals surface area (Å²) < 4.78 is 54.3. The average Bonchev–Trinajstić information content (AvgIpc) is 2.68. The molecule has 0 radical (unpaired) electrons. The first kappa shape index (κ1) is 18.8. The first-order valence-electron chi connectivity index (χ1n) is 8.80. The summed E-state index contributed by atoms with van der Waals surface area (Å²) >= 11 is 0. The number of pyridine rings is 2. The molecule has 144 valence electrons. The van der Waals surface area contributed by atoms with E-state index in [4.69, 9.17) is 0 Å². The molecule has 2 aromatic carbocycles. The number of halogens is 4. The maximum atomic E-state index is 14.0. The second kappa shape index (κ2) is 7.83. The lowest BCUT2D eigenvalue weighted by atomic mass is 9.99. The van der Waals surface area contributed by atoms with Crippen LogP contribution in [0.5, 0.6) is 0 Å². The molecule has 2 heterocycles. The Hall–Kier alpha value is -3.54. The van der Waals surface area contributed by atoms with Crippen molar-refractivity contribution in [2.45, 2.75) is 6.42 Å². The summed E-state index contributed by atoms with van der Waals surface area (Å²) in [5.41, 5.74) is 2.94. The van der Waals surface area contributed by atoms with E-state index in [0.29, 0.717) is 17.5 Å². The molecule has 0 fully saturated rings. The zero-order valence-electron chi connectivity index (χ0n) is 15.0. The van der Waals surface area contributed by atoms with E-state index in [9.17, 15) is 17.6 Å². The van der Waals surface area contributed by atoms with Gasteiger partial charge in [0.15, 0.2) is 11.6 Å². The number of aromatic nitrogens is 2. The second-order valence-electron chi connectivity index (χ2n) is 6.55. The molecule has 4 aromatic rings. The molecule has 0 N–H and O–H groups in total. The van der Waals surface area contributed by atoms with Gasteiger partial charge in [-0.15, -0.1) is 0 Å². The molecular weight excluding hydrogens is 380 g/mol. The highest BCUT2D eigenvalue weighted by atomic mass is 19.1. The van der Waals surface area contributed by atoms with Gasteiger partial charge in [0.1, 0.15) is 23.0 Å². The van der Waals surface area contributed by atoms with Gasteiger partial charge < -0.3 is 0 Å². The van der Waals surface area contributed by atoms with Crippen LogP contribution >= 0.6 is 0 Å². The summed E-state index contributed by atoms with van der Waals surface area (Å²) in [5.74, 6) is -2.94. The van der Waals surface area contributed by atoms with Gasteiger partial charge in [0.25, 0.3) is 0 Å². The van der Waals surface area contributed by atoms with Crippen molar-refractivity contribution in [3.8, 4) is 22.5 Å². The van der Waals surface area contributed by atoms with Crippen LogP contribution in [0.25, 0.3) is 22.5 Å². The van der Waals surface area contributed by atoms with Crippen molar-refractivity contribution in [1.82, 2.24) is 9.97 Å². The fourth-order valence-corrected chi connectivity index (χ4v) is 3.15. The molecule has 0 aliphatic heterocycles. The normalized spacial score (nSPS) is 10.9. The third-order valence-electron chi connectivity index (χ3n) is 4.42. The number of rotatable bonds is 4. The van der Waals surface area contributed by atoms with Crippen molar-refractivity contribution in [2.24, 2.45) is 0 Å². The van der Waals surface area contributed by atoms with Crippen LogP contribution in [0.3, 0.4) is 0 Å². The molecule has 0 spiro atoms. The van der Waals surface area contributed by atoms with Crippen LogP contribution in [-0.2, 0) is 6.42 Å². The third-order valence-corrected chi connectivity index (χ3v) is 4.42. The van der Waals surface area contributed by atoms with Crippen LogP contribution in [0.15, 0.2) is 73.1 Å². The Bertz CT molecular complexity index is 1100. The predicted molar refractivity (Wildman–Crippen MR) is 102 cm³/mol. The highest BCUT2D eigenvalue weighted by Gasteiger charge is 2.11. The van der Waals surface area contributed by atoms with E-state index < -0.39 is 23.3 Å². The molecular formula is C23H14F4N2. The van der Waals surface area contributed by atoms with Gasteiger partial charge in [-0.05, 0) is 29.7 Å². The zero-order valence-corrected chi connectivity index (χ0v) is 15.0. The van der Waals surface area contributed by atoms with E-state index in [1.54, 1.807) is 36.4 Å². The van der Waals surface area contributed by atoms with E-state index in [-0.39, 0.29) is 11.4 Å². The summed E-state index contributed by atoms with van der Waals surface area (Å²) in [4.78, 5) is 7.67. The van der Waals surface area contributed by atoms with Crippen molar-refractivity contribution in [3.63, 3.8) is 0 Å². The maximum Gasteiger partial charge on any atom is 0.152 e. The predicted octanol–water partition coefficient (Wildman–Crippen LogP) is 5.96. The number of benzene rings is 2. The van der Waals surface area contributed by atoms with E-state index in [2.05, 4.69) is 9.97 Å². The van der Waals surface area contributed by atoms with Crippen LogP contribution in [0.2, 0.25) is 0 Å². The maximum absolute atomic E-state index is 14.0. The summed E-state index contributed by atoms with van der Waals surface area (Å²) in [5, 5.41) is 0. The van der Waals surface area contributed by atoms with Gasteiger partial charge in [-0.3, -0.25) is 9.97 Å². The molecule has 2 aromatic heterocycles. The lowest BCUT2D eigenvalue weighted by Gasteiger charge is -2.08. The minimum atomic E-state index is -0.735. The van der Waals surface area contributed by atoms with Gasteiger partial charge in [-0.1, -0.05) is 36.4 Å². The zero-order chi connectivity index (χ0) is 20.4. The second-order valence-corrected chi connectivity index (χ2v) is 6.55. The van der Waals surface area contributed by atoms with Crippen molar-refractivity contribution in [3.05, 3.63) is 107 Å². The van der Waals surface area contributed by atoms with Crippen molar-refractivity contribution in [1.29, 1.82) is 0 Å². The highest BCUT2D eigenvalue weighted by Crippen LogP contribution is 2.25. The molecule has 0 unspecified atom stereocenters. The van der Waals surface area contributed by atoms with Crippen LogP contribution in [0.1, 0.15) is 11.1 Å². The van der Waals surface area contributed by atoms with Gasteiger partial charge >= 0.3 is 0 Å². The summed E-state index contributed by atoms with van der Waals surface area (Å²) in [6.45, 7) is 0. The Balaban J connectivity index is 1.63. The number of nitrogens with zero attached hydrogens (tertiary/aromatic N) is 2. The molecule has 29 heavy (non-hydrogen) atoms. The number of hydrogen-bond acceptors (Lipinski definition) is 2. The average molecular weight is 394 g/mol. The first-order valence-corrected chi connectivity index (χ1v) is 8.80. The summed E-state index contributed by atoms with van der Waals surface area (Å²) in [6.07, 6.45) is 2.44. The molecule has 0 atom stereocenters. The molecule has 4 rings (SSSR count). The molecule has 2 nitrogen and oxygen atoms in total. The summed E-state index contributed by atoms with van der Waals surface area (Å²) in [6, 6.07) is 15.8. The minimum Gasteiger partial charge on any atom is -0.250 e. The van der Waals surface area contributed by atoms with Gasteiger partial charge in [0, 0.05) is 23.3 Å². The quantitative estimate of drug-likeness (QED) is 0.399. The standard InChI is InChI=1S/C23H14F4N2/c24-18-10-20(26)22(28-12-18)16-5-1-3-14(8-16)7-15-4-2-6-17(9-15)23-21(27)11-19(25)13-29-23/h1-6,8-13H,7H2.